The highest BCUT2D eigenvalue weighted by atomic mass is 79.9. The van der Waals surface area contributed by atoms with Crippen LogP contribution < -0.4 is 5.32 Å². The van der Waals surface area contributed by atoms with E-state index in [0.29, 0.717) is 6.04 Å². The summed E-state index contributed by atoms with van der Waals surface area (Å²) in [6.45, 7) is 5.29. The zero-order valence-corrected chi connectivity index (χ0v) is 12.4. The summed E-state index contributed by atoms with van der Waals surface area (Å²) in [7, 11) is 0. The Morgan fingerprint density at radius 3 is 2.76 bits per heavy atom. The van der Waals surface area contributed by atoms with Gasteiger partial charge in [0.25, 0.3) is 0 Å². The Kier molecular flexibility index (Phi) is 4.37. The fourth-order valence-corrected chi connectivity index (χ4v) is 3.10. The van der Waals surface area contributed by atoms with Crippen LogP contribution in [0.25, 0.3) is 0 Å². The minimum Gasteiger partial charge on any atom is -0.306 e. The van der Waals surface area contributed by atoms with Crippen molar-refractivity contribution in [2.45, 2.75) is 26.4 Å². The van der Waals surface area contributed by atoms with Gasteiger partial charge in [-0.2, -0.15) is 0 Å². The molecule has 1 aromatic carbocycles. The lowest BCUT2D eigenvalue weighted by atomic mass is 10.0. The molecule has 0 amide bonds. The van der Waals surface area contributed by atoms with Gasteiger partial charge in [0.15, 0.2) is 0 Å². The molecule has 0 fully saturated rings. The summed E-state index contributed by atoms with van der Waals surface area (Å²) in [5, 5.41) is 5.74. The van der Waals surface area contributed by atoms with Crippen molar-refractivity contribution in [1.82, 2.24) is 5.32 Å². The lowest BCUT2D eigenvalue weighted by Crippen LogP contribution is -2.18. The summed E-state index contributed by atoms with van der Waals surface area (Å²) in [4.78, 5) is 0. The first-order valence-corrected chi connectivity index (χ1v) is 7.36. The van der Waals surface area contributed by atoms with Gasteiger partial charge in [0.1, 0.15) is 0 Å². The van der Waals surface area contributed by atoms with Crippen LogP contribution in [0.4, 0.5) is 0 Å². The zero-order valence-electron chi connectivity index (χ0n) is 10.0. The van der Waals surface area contributed by atoms with Gasteiger partial charge in [0.2, 0.25) is 0 Å². The highest BCUT2D eigenvalue weighted by Crippen LogP contribution is 2.22. The van der Waals surface area contributed by atoms with Crippen molar-refractivity contribution in [3.8, 4) is 0 Å². The summed E-state index contributed by atoms with van der Waals surface area (Å²) < 4.78 is 1.19. The van der Waals surface area contributed by atoms with Gasteiger partial charge < -0.3 is 5.32 Å². The van der Waals surface area contributed by atoms with Gasteiger partial charge >= 0.3 is 0 Å². The number of nitrogens with one attached hydrogen (secondary N) is 1. The number of hydrogen-bond acceptors (Lipinski definition) is 2. The molecular formula is C14H16BrNS. The standard InChI is InChI=1S/C14H16BrNS/c1-10-5-3-4-6-13(10)11(2)16-8-12-7-14(15)17-9-12/h3-7,9,11,16H,8H2,1-2H3. The van der Waals surface area contributed by atoms with E-state index < -0.39 is 0 Å². The molecule has 0 aliphatic rings. The SMILES string of the molecule is Cc1ccccc1C(C)NCc1csc(Br)c1. The highest BCUT2D eigenvalue weighted by molar-refractivity contribution is 9.11. The maximum absolute atomic E-state index is 3.56. The fraction of sp³-hybridized carbons (Fsp3) is 0.286. The van der Waals surface area contributed by atoms with E-state index in [1.165, 1.54) is 20.5 Å². The van der Waals surface area contributed by atoms with Crippen molar-refractivity contribution in [2.24, 2.45) is 0 Å². The second-order valence-corrected chi connectivity index (χ2v) is 6.51. The van der Waals surface area contributed by atoms with E-state index in [-0.39, 0.29) is 0 Å². The van der Waals surface area contributed by atoms with Crippen LogP contribution in [0.2, 0.25) is 0 Å². The molecule has 0 saturated carbocycles. The third-order valence-electron chi connectivity index (χ3n) is 2.89. The first kappa shape index (κ1) is 12.8. The summed E-state index contributed by atoms with van der Waals surface area (Å²) in [5.74, 6) is 0. The molecule has 1 nitrogen and oxygen atoms in total. The van der Waals surface area contributed by atoms with Gasteiger partial charge in [0, 0.05) is 12.6 Å². The molecule has 90 valence electrons. The van der Waals surface area contributed by atoms with Crippen LogP contribution in [0.3, 0.4) is 0 Å². The lowest BCUT2D eigenvalue weighted by Gasteiger charge is -2.16. The highest BCUT2D eigenvalue weighted by Gasteiger charge is 2.07. The summed E-state index contributed by atoms with van der Waals surface area (Å²) in [5.41, 5.74) is 4.06. The van der Waals surface area contributed by atoms with E-state index in [2.05, 4.69) is 70.8 Å². The topological polar surface area (TPSA) is 12.0 Å². The van der Waals surface area contributed by atoms with E-state index in [1.54, 1.807) is 11.3 Å². The van der Waals surface area contributed by atoms with Crippen LogP contribution >= 0.6 is 27.3 Å². The summed E-state index contributed by atoms with van der Waals surface area (Å²) >= 11 is 5.22. The van der Waals surface area contributed by atoms with E-state index in [9.17, 15) is 0 Å². The predicted molar refractivity (Wildman–Crippen MR) is 78.5 cm³/mol. The second-order valence-electron chi connectivity index (χ2n) is 4.22. The molecule has 1 unspecified atom stereocenters. The number of benzene rings is 1. The third-order valence-corrected chi connectivity index (χ3v) is 4.44. The van der Waals surface area contributed by atoms with Gasteiger partial charge in [-0.3, -0.25) is 0 Å². The minimum absolute atomic E-state index is 0.384. The molecule has 2 aromatic rings. The molecule has 0 radical (unpaired) electrons. The van der Waals surface area contributed by atoms with Crippen LogP contribution in [0, 0.1) is 6.92 Å². The molecular weight excluding hydrogens is 294 g/mol. The zero-order chi connectivity index (χ0) is 12.3. The molecule has 1 N–H and O–H groups in total. The molecule has 1 heterocycles. The maximum atomic E-state index is 3.56. The van der Waals surface area contributed by atoms with E-state index in [0.717, 1.165) is 6.54 Å². The van der Waals surface area contributed by atoms with Gasteiger partial charge in [0.05, 0.1) is 3.79 Å². The number of aryl methyl sites for hydroxylation is 1. The second kappa shape index (κ2) is 5.80. The maximum Gasteiger partial charge on any atom is 0.0701 e. The van der Waals surface area contributed by atoms with Crippen molar-refractivity contribution in [2.75, 3.05) is 0 Å². The average molecular weight is 310 g/mol. The smallest absolute Gasteiger partial charge is 0.0701 e. The number of rotatable bonds is 4. The van der Waals surface area contributed by atoms with Crippen LogP contribution in [-0.2, 0) is 6.54 Å². The largest absolute Gasteiger partial charge is 0.306 e. The first-order valence-electron chi connectivity index (χ1n) is 5.68. The van der Waals surface area contributed by atoms with Crippen LogP contribution in [0.5, 0.6) is 0 Å². The monoisotopic (exact) mass is 309 g/mol. The number of halogens is 1. The third kappa shape index (κ3) is 3.41. The molecule has 0 saturated heterocycles. The van der Waals surface area contributed by atoms with E-state index >= 15 is 0 Å². The molecule has 17 heavy (non-hydrogen) atoms. The Hall–Kier alpha value is -0.640. The number of thiophene rings is 1. The molecule has 1 atom stereocenters. The molecule has 3 heteroatoms. The number of hydrogen-bond donors (Lipinski definition) is 1. The molecule has 0 spiro atoms. The summed E-state index contributed by atoms with van der Waals surface area (Å²) in [6, 6.07) is 11.1. The van der Waals surface area contributed by atoms with Gasteiger partial charge in [-0.15, -0.1) is 11.3 Å². The van der Waals surface area contributed by atoms with Crippen molar-refractivity contribution < 1.29 is 0 Å². The molecule has 1 aromatic heterocycles. The first-order chi connectivity index (χ1) is 8.16. The average Bonchev–Trinajstić information content (AvgIpc) is 2.73. The van der Waals surface area contributed by atoms with Gasteiger partial charge in [-0.25, -0.2) is 0 Å². The van der Waals surface area contributed by atoms with E-state index in [4.69, 9.17) is 0 Å². The lowest BCUT2D eigenvalue weighted by molar-refractivity contribution is 0.573. The Labute approximate surface area is 115 Å². The van der Waals surface area contributed by atoms with Crippen molar-refractivity contribution in [3.63, 3.8) is 0 Å². The Bertz CT molecular complexity index is 492. The molecule has 0 bridgehead atoms. The van der Waals surface area contributed by atoms with Crippen molar-refractivity contribution >= 4 is 27.3 Å². The van der Waals surface area contributed by atoms with Crippen LogP contribution in [0.1, 0.15) is 29.7 Å². The minimum atomic E-state index is 0.384. The molecule has 2 rings (SSSR count). The fourth-order valence-electron chi connectivity index (χ4n) is 1.89. The quantitative estimate of drug-likeness (QED) is 0.865. The Morgan fingerprint density at radius 2 is 2.12 bits per heavy atom. The Morgan fingerprint density at radius 1 is 1.35 bits per heavy atom. The molecule has 0 aliphatic heterocycles. The predicted octanol–water partition coefficient (Wildman–Crippen LogP) is 4.67. The van der Waals surface area contributed by atoms with Gasteiger partial charge in [-0.1, -0.05) is 24.3 Å². The van der Waals surface area contributed by atoms with Crippen LogP contribution in [-0.4, -0.2) is 0 Å². The molecule has 0 aliphatic carbocycles. The Balaban J connectivity index is 1.98. The van der Waals surface area contributed by atoms with Crippen molar-refractivity contribution in [1.29, 1.82) is 0 Å². The van der Waals surface area contributed by atoms with Gasteiger partial charge in [-0.05, 0) is 57.9 Å². The summed E-state index contributed by atoms with van der Waals surface area (Å²) in [6.07, 6.45) is 0. The van der Waals surface area contributed by atoms with Crippen LogP contribution in [0.15, 0.2) is 39.5 Å². The normalized spacial score (nSPS) is 12.6. The van der Waals surface area contributed by atoms with Crippen molar-refractivity contribution in [3.05, 3.63) is 56.2 Å². The van der Waals surface area contributed by atoms with E-state index in [1.807, 2.05) is 0 Å².